The van der Waals surface area contributed by atoms with Crippen molar-refractivity contribution in [2.45, 2.75) is 26.2 Å². The van der Waals surface area contributed by atoms with Crippen LogP contribution in [-0.2, 0) is 9.59 Å². The molecule has 1 saturated heterocycles. The third-order valence-corrected chi connectivity index (χ3v) is 6.35. The minimum absolute atomic E-state index is 0.0327. The summed E-state index contributed by atoms with van der Waals surface area (Å²) in [6.07, 6.45) is 1.92. The van der Waals surface area contributed by atoms with Crippen molar-refractivity contribution in [3.8, 4) is 0 Å². The van der Waals surface area contributed by atoms with E-state index in [0.717, 1.165) is 16.4 Å². The molecule has 2 aromatic rings. The molecule has 0 radical (unpaired) electrons. The molecule has 2 aromatic carbocycles. The normalized spacial score (nSPS) is 22.1. The highest BCUT2D eigenvalue weighted by molar-refractivity contribution is 6.09. The van der Waals surface area contributed by atoms with Crippen LogP contribution >= 0.6 is 0 Å². The summed E-state index contributed by atoms with van der Waals surface area (Å²) >= 11 is 0. The van der Waals surface area contributed by atoms with E-state index in [2.05, 4.69) is 0 Å². The fourth-order valence-electron chi connectivity index (χ4n) is 4.57. The van der Waals surface area contributed by atoms with E-state index in [-0.39, 0.29) is 17.2 Å². The molecule has 0 aromatic heterocycles. The molecular formula is C24H23N3O6. The molecule has 3 amide bonds. The van der Waals surface area contributed by atoms with E-state index >= 15 is 0 Å². The van der Waals surface area contributed by atoms with Gasteiger partial charge in [0.2, 0.25) is 0 Å². The first-order valence-electron chi connectivity index (χ1n) is 10.8. The van der Waals surface area contributed by atoms with Gasteiger partial charge in [-0.25, -0.2) is 5.01 Å². The predicted octanol–water partition coefficient (Wildman–Crippen LogP) is 3.26. The maximum atomic E-state index is 13.4. The van der Waals surface area contributed by atoms with Gasteiger partial charge in [-0.3, -0.25) is 29.3 Å². The zero-order valence-electron chi connectivity index (χ0n) is 18.0. The lowest BCUT2D eigenvalue weighted by atomic mass is 9.76. The third-order valence-electron chi connectivity index (χ3n) is 6.35. The van der Waals surface area contributed by atoms with Gasteiger partial charge in [-0.1, -0.05) is 37.3 Å². The van der Waals surface area contributed by atoms with Crippen molar-refractivity contribution in [2.24, 2.45) is 17.8 Å². The van der Waals surface area contributed by atoms with E-state index in [1.165, 1.54) is 24.3 Å². The first-order chi connectivity index (χ1) is 15.8. The van der Waals surface area contributed by atoms with Crippen molar-refractivity contribution in [1.82, 2.24) is 10.0 Å². The third kappa shape index (κ3) is 4.26. The number of benzene rings is 2. The number of hydrogen-bond acceptors (Lipinski definition) is 6. The van der Waals surface area contributed by atoms with E-state index in [1.54, 1.807) is 30.3 Å². The van der Waals surface area contributed by atoms with Crippen LogP contribution in [0, 0.1) is 27.9 Å². The number of nitro benzene ring substituents is 1. The van der Waals surface area contributed by atoms with Gasteiger partial charge >= 0.3 is 0 Å². The molecule has 1 aliphatic carbocycles. The van der Waals surface area contributed by atoms with E-state index < -0.39 is 46.8 Å². The Hall–Kier alpha value is -3.88. The molecule has 2 fully saturated rings. The Kier molecular flexibility index (Phi) is 6.04. The number of hydrazine groups is 1. The van der Waals surface area contributed by atoms with E-state index in [0.29, 0.717) is 18.4 Å². The van der Waals surface area contributed by atoms with Gasteiger partial charge < -0.3 is 0 Å². The second-order valence-corrected chi connectivity index (χ2v) is 8.58. The number of ketones is 1. The SMILES string of the molecule is C[C@@H]1CC[C@H]2C(=O)N(N(CC(=O)c3ccccc3)C(=O)c3ccc([N+](=O)[O-])cc3)C(=O)[C@@H]2C1. The van der Waals surface area contributed by atoms with Gasteiger partial charge in [0.05, 0.1) is 16.8 Å². The number of imide groups is 1. The van der Waals surface area contributed by atoms with E-state index in [1.807, 2.05) is 6.92 Å². The summed E-state index contributed by atoms with van der Waals surface area (Å²) in [6.45, 7) is 1.52. The van der Waals surface area contributed by atoms with Crippen molar-refractivity contribution in [2.75, 3.05) is 6.54 Å². The topological polar surface area (TPSA) is 118 Å². The van der Waals surface area contributed by atoms with Gasteiger partial charge in [-0.15, -0.1) is 0 Å². The number of fused-ring (bicyclic) bond motifs is 1. The van der Waals surface area contributed by atoms with Gasteiger partial charge in [0.1, 0.15) is 6.54 Å². The average Bonchev–Trinajstić information content (AvgIpc) is 3.06. The average molecular weight is 449 g/mol. The Labute approximate surface area is 190 Å². The zero-order chi connectivity index (χ0) is 23.7. The molecular weight excluding hydrogens is 426 g/mol. The molecule has 0 N–H and O–H groups in total. The highest BCUT2D eigenvalue weighted by Gasteiger charge is 2.52. The minimum Gasteiger partial charge on any atom is -0.292 e. The van der Waals surface area contributed by atoms with Gasteiger partial charge in [0, 0.05) is 23.3 Å². The fourth-order valence-corrected chi connectivity index (χ4v) is 4.57. The summed E-state index contributed by atoms with van der Waals surface area (Å²) in [5, 5.41) is 12.7. The quantitative estimate of drug-likeness (QED) is 0.289. The van der Waals surface area contributed by atoms with Crippen molar-refractivity contribution in [1.29, 1.82) is 0 Å². The Balaban J connectivity index is 1.68. The zero-order valence-corrected chi connectivity index (χ0v) is 18.0. The number of Topliss-reactive ketones (excluding diaryl/α,β-unsaturated/α-hetero) is 1. The Bertz CT molecular complexity index is 1110. The van der Waals surface area contributed by atoms with Crippen molar-refractivity contribution >= 4 is 29.2 Å². The number of carbonyl (C=O) groups excluding carboxylic acids is 4. The van der Waals surface area contributed by atoms with Crippen LogP contribution < -0.4 is 0 Å². The summed E-state index contributed by atoms with van der Waals surface area (Å²) < 4.78 is 0. The Morgan fingerprint density at radius 1 is 0.970 bits per heavy atom. The van der Waals surface area contributed by atoms with Crippen LogP contribution in [0.2, 0.25) is 0 Å². The van der Waals surface area contributed by atoms with Gasteiger partial charge in [-0.2, -0.15) is 5.01 Å². The molecule has 9 heteroatoms. The summed E-state index contributed by atoms with van der Waals surface area (Å²) in [5.41, 5.74) is 0.168. The number of amides is 3. The Morgan fingerprint density at radius 3 is 2.24 bits per heavy atom. The summed E-state index contributed by atoms with van der Waals surface area (Å²) in [4.78, 5) is 63.1. The molecule has 2 aliphatic rings. The maximum Gasteiger partial charge on any atom is 0.273 e. The molecule has 1 aliphatic heterocycles. The summed E-state index contributed by atoms with van der Waals surface area (Å²) in [5.74, 6) is -2.88. The molecule has 33 heavy (non-hydrogen) atoms. The lowest BCUT2D eigenvalue weighted by Crippen LogP contribution is -2.52. The molecule has 0 unspecified atom stereocenters. The van der Waals surface area contributed by atoms with Gasteiger partial charge in [-0.05, 0) is 37.3 Å². The molecule has 1 saturated carbocycles. The number of non-ortho nitro benzene ring substituents is 1. The summed E-state index contributed by atoms with van der Waals surface area (Å²) in [7, 11) is 0. The van der Waals surface area contributed by atoms with Gasteiger partial charge in [0.25, 0.3) is 23.4 Å². The monoisotopic (exact) mass is 449 g/mol. The smallest absolute Gasteiger partial charge is 0.273 e. The molecule has 1 heterocycles. The highest BCUT2D eigenvalue weighted by atomic mass is 16.6. The Morgan fingerprint density at radius 2 is 1.61 bits per heavy atom. The van der Waals surface area contributed by atoms with E-state index in [9.17, 15) is 29.3 Å². The second-order valence-electron chi connectivity index (χ2n) is 8.58. The lowest BCUT2D eigenvalue weighted by Gasteiger charge is -2.30. The maximum absolute atomic E-state index is 13.4. The van der Waals surface area contributed by atoms with Gasteiger partial charge in [0.15, 0.2) is 5.78 Å². The number of nitrogens with zero attached hydrogens (tertiary/aromatic N) is 3. The molecule has 3 atom stereocenters. The number of hydrogen-bond donors (Lipinski definition) is 0. The van der Waals surface area contributed by atoms with Crippen molar-refractivity contribution in [3.05, 3.63) is 75.8 Å². The van der Waals surface area contributed by atoms with Crippen LogP contribution in [-0.4, -0.2) is 45.0 Å². The highest BCUT2D eigenvalue weighted by Crippen LogP contribution is 2.41. The second kappa shape index (κ2) is 8.93. The largest absolute Gasteiger partial charge is 0.292 e. The number of nitro groups is 1. The number of carbonyl (C=O) groups is 4. The van der Waals surface area contributed by atoms with Crippen LogP contribution in [0.1, 0.15) is 46.9 Å². The molecule has 4 rings (SSSR count). The van der Waals surface area contributed by atoms with E-state index in [4.69, 9.17) is 0 Å². The predicted molar refractivity (Wildman–Crippen MR) is 117 cm³/mol. The van der Waals surface area contributed by atoms with Crippen LogP contribution in [0.5, 0.6) is 0 Å². The molecule has 0 bridgehead atoms. The van der Waals surface area contributed by atoms with Crippen LogP contribution in [0.4, 0.5) is 5.69 Å². The number of rotatable bonds is 6. The molecule has 9 nitrogen and oxygen atoms in total. The first-order valence-corrected chi connectivity index (χ1v) is 10.8. The van der Waals surface area contributed by atoms with Crippen LogP contribution in [0.25, 0.3) is 0 Å². The lowest BCUT2D eigenvalue weighted by molar-refractivity contribution is -0.384. The van der Waals surface area contributed by atoms with Crippen molar-refractivity contribution in [3.63, 3.8) is 0 Å². The van der Waals surface area contributed by atoms with Crippen LogP contribution in [0.3, 0.4) is 0 Å². The summed E-state index contributed by atoms with van der Waals surface area (Å²) in [6, 6.07) is 13.1. The first kappa shape index (κ1) is 22.3. The minimum atomic E-state index is -0.748. The molecule has 170 valence electrons. The van der Waals surface area contributed by atoms with Crippen LogP contribution in [0.15, 0.2) is 54.6 Å². The fraction of sp³-hybridized carbons (Fsp3) is 0.333. The van der Waals surface area contributed by atoms with Crippen molar-refractivity contribution < 1.29 is 24.1 Å². The molecule has 0 spiro atoms. The standard InChI is InChI=1S/C24H23N3O6/c1-15-7-12-19-20(13-15)24(31)26(23(19)30)25(14-21(28)16-5-3-2-4-6-16)22(29)17-8-10-18(11-9-17)27(32)33/h2-6,8-11,15,19-20H,7,12-14H2,1H3/t15-,19-,20-/m1/s1.